The van der Waals surface area contributed by atoms with Crippen LogP contribution in [0.3, 0.4) is 0 Å². The average molecular weight is 479 g/mol. The molecule has 0 radical (unpaired) electrons. The van der Waals surface area contributed by atoms with Crippen molar-refractivity contribution in [2.24, 2.45) is 0 Å². The molecule has 6 rings (SSSR count). The smallest absolute Gasteiger partial charge is 0.236 e. The number of nitrogens with one attached hydrogen (secondary N) is 2. The van der Waals surface area contributed by atoms with Gasteiger partial charge in [-0.15, -0.1) is 0 Å². The van der Waals surface area contributed by atoms with Crippen molar-refractivity contribution in [2.45, 2.75) is 39.0 Å². The van der Waals surface area contributed by atoms with E-state index in [2.05, 4.69) is 76.8 Å². The highest BCUT2D eigenvalue weighted by molar-refractivity contribution is 6.05. The van der Waals surface area contributed by atoms with Crippen LogP contribution in [0.2, 0.25) is 0 Å². The van der Waals surface area contributed by atoms with Gasteiger partial charge in [0.2, 0.25) is 5.91 Å². The Bertz CT molecular complexity index is 1500. The van der Waals surface area contributed by atoms with E-state index in [1.54, 1.807) is 6.20 Å². The van der Waals surface area contributed by atoms with E-state index in [-0.39, 0.29) is 5.91 Å². The fourth-order valence-corrected chi connectivity index (χ4v) is 5.76. The van der Waals surface area contributed by atoms with Crippen molar-refractivity contribution < 1.29 is 4.79 Å². The Kier molecular flexibility index (Phi) is 5.10. The average Bonchev–Trinajstić information content (AvgIpc) is 3.11. The quantitative estimate of drug-likeness (QED) is 0.366. The van der Waals surface area contributed by atoms with E-state index in [1.807, 2.05) is 13.0 Å². The predicted octanol–water partition coefficient (Wildman–Crippen LogP) is 5.37. The van der Waals surface area contributed by atoms with Crippen molar-refractivity contribution in [1.82, 2.24) is 9.97 Å². The van der Waals surface area contributed by atoms with Crippen LogP contribution in [0.15, 0.2) is 54.7 Å². The Morgan fingerprint density at radius 1 is 1.03 bits per heavy atom. The van der Waals surface area contributed by atoms with E-state index in [4.69, 9.17) is 10.7 Å². The summed E-state index contributed by atoms with van der Waals surface area (Å²) in [7, 11) is 0. The van der Waals surface area contributed by atoms with Gasteiger partial charge in [0.05, 0.1) is 22.8 Å². The van der Waals surface area contributed by atoms with E-state index in [9.17, 15) is 4.79 Å². The van der Waals surface area contributed by atoms with Gasteiger partial charge < -0.3 is 21.3 Å². The zero-order chi connectivity index (χ0) is 25.0. The zero-order valence-corrected chi connectivity index (χ0v) is 20.9. The Labute approximate surface area is 210 Å². The molecule has 2 aromatic heterocycles. The van der Waals surface area contributed by atoms with Crippen molar-refractivity contribution >= 4 is 45.4 Å². The molecule has 4 N–H and O–H groups in total. The van der Waals surface area contributed by atoms with Crippen molar-refractivity contribution in [1.29, 1.82) is 0 Å². The third-order valence-corrected chi connectivity index (χ3v) is 7.60. The summed E-state index contributed by atoms with van der Waals surface area (Å²) >= 11 is 0. The van der Waals surface area contributed by atoms with Gasteiger partial charge in [0.25, 0.3) is 0 Å². The molecule has 0 unspecified atom stereocenters. The Morgan fingerprint density at radius 2 is 1.78 bits per heavy atom. The minimum Gasteiger partial charge on any atom is -0.397 e. The fraction of sp³-hybridized carbons (Fsp3) is 0.276. The van der Waals surface area contributed by atoms with Crippen LogP contribution in [0.5, 0.6) is 0 Å². The van der Waals surface area contributed by atoms with Gasteiger partial charge in [0.1, 0.15) is 5.82 Å². The van der Waals surface area contributed by atoms with Crippen LogP contribution in [0, 0.1) is 20.8 Å². The molecule has 2 aromatic carbocycles. The molecule has 7 nitrogen and oxygen atoms in total. The first-order chi connectivity index (χ1) is 17.3. The molecule has 0 bridgehead atoms. The van der Waals surface area contributed by atoms with E-state index >= 15 is 0 Å². The lowest BCUT2D eigenvalue weighted by Crippen LogP contribution is -2.46. The first-order valence-corrected chi connectivity index (χ1v) is 12.4. The molecule has 4 aromatic rings. The second kappa shape index (κ2) is 8.22. The van der Waals surface area contributed by atoms with E-state index in [1.165, 1.54) is 11.1 Å². The Balaban J connectivity index is 1.21. The summed E-state index contributed by atoms with van der Waals surface area (Å²) in [4.78, 5) is 24.4. The molecule has 0 saturated carbocycles. The summed E-state index contributed by atoms with van der Waals surface area (Å²) in [5, 5.41) is 7.69. The first kappa shape index (κ1) is 22.3. The van der Waals surface area contributed by atoms with Crippen LogP contribution < -0.4 is 21.3 Å². The molecule has 36 heavy (non-hydrogen) atoms. The largest absolute Gasteiger partial charge is 0.397 e. The second-order valence-electron chi connectivity index (χ2n) is 10.1. The van der Waals surface area contributed by atoms with Crippen molar-refractivity contribution in [3.05, 3.63) is 77.1 Å². The van der Waals surface area contributed by atoms with Crippen molar-refractivity contribution in [3.63, 3.8) is 0 Å². The number of aryl methyl sites for hydroxylation is 3. The van der Waals surface area contributed by atoms with E-state index < -0.39 is 5.41 Å². The number of carbonyl (C=O) groups is 1. The molecule has 1 fully saturated rings. The number of amides is 1. The summed E-state index contributed by atoms with van der Waals surface area (Å²) in [6, 6.07) is 16.9. The lowest BCUT2D eigenvalue weighted by molar-refractivity contribution is -0.121. The summed E-state index contributed by atoms with van der Waals surface area (Å²) in [6.45, 7) is 7.85. The number of carbonyl (C=O) groups excluding carboxylic acids is 1. The normalized spacial score (nSPS) is 16.3. The number of pyridine rings is 2. The van der Waals surface area contributed by atoms with Crippen LogP contribution in [-0.4, -0.2) is 29.0 Å². The summed E-state index contributed by atoms with van der Waals surface area (Å²) in [6.07, 6.45) is 3.07. The maximum atomic E-state index is 12.9. The fourth-order valence-electron chi connectivity index (χ4n) is 5.76. The van der Waals surface area contributed by atoms with Crippen molar-refractivity contribution in [3.8, 4) is 0 Å². The molecule has 182 valence electrons. The SMILES string of the molecule is Cc1cc(C)c2nc(C)cc(Nc3ccc(N4CCC5(CC4)C(=O)Nc4ncc(N)cc45)cc3)c2c1. The molecular weight excluding hydrogens is 448 g/mol. The minimum absolute atomic E-state index is 0.0418. The maximum Gasteiger partial charge on any atom is 0.236 e. The van der Waals surface area contributed by atoms with Crippen molar-refractivity contribution in [2.75, 3.05) is 34.4 Å². The third kappa shape index (κ3) is 3.63. The maximum absolute atomic E-state index is 12.9. The lowest BCUT2D eigenvalue weighted by atomic mass is 9.74. The first-order valence-electron chi connectivity index (χ1n) is 12.4. The third-order valence-electron chi connectivity index (χ3n) is 7.60. The highest BCUT2D eigenvalue weighted by Crippen LogP contribution is 2.45. The van der Waals surface area contributed by atoms with Crippen LogP contribution in [0.25, 0.3) is 10.9 Å². The molecule has 0 atom stereocenters. The molecule has 0 aliphatic carbocycles. The van der Waals surface area contributed by atoms with E-state index in [0.717, 1.165) is 65.2 Å². The molecular formula is C29H30N6O. The van der Waals surface area contributed by atoms with Gasteiger partial charge in [-0.2, -0.15) is 0 Å². The lowest BCUT2D eigenvalue weighted by Gasteiger charge is -2.39. The summed E-state index contributed by atoms with van der Waals surface area (Å²) in [5.41, 5.74) is 14.7. The Hall–Kier alpha value is -4.13. The molecule has 2 aliphatic heterocycles. The highest BCUT2D eigenvalue weighted by atomic mass is 16.2. The number of nitrogens with zero attached hydrogens (tertiary/aromatic N) is 3. The number of hydrogen-bond donors (Lipinski definition) is 3. The van der Waals surface area contributed by atoms with Gasteiger partial charge in [-0.05, 0) is 81.6 Å². The number of piperidine rings is 1. The zero-order valence-electron chi connectivity index (χ0n) is 20.9. The number of hydrogen-bond acceptors (Lipinski definition) is 6. The number of anilines is 5. The van der Waals surface area contributed by atoms with Crippen LogP contribution in [0.1, 0.15) is 35.2 Å². The van der Waals surface area contributed by atoms with Gasteiger partial charge in [-0.25, -0.2) is 4.98 Å². The minimum atomic E-state index is -0.535. The van der Waals surface area contributed by atoms with Gasteiger partial charge in [0, 0.05) is 46.8 Å². The Morgan fingerprint density at radius 3 is 2.53 bits per heavy atom. The van der Waals surface area contributed by atoms with E-state index in [0.29, 0.717) is 11.5 Å². The standard InChI is InChI=1S/C29H30N6O/c1-17-12-18(2)26-23(13-17)25(14-19(3)32-26)33-21-4-6-22(7-5-21)35-10-8-29(9-11-35)24-15-20(30)16-31-27(24)34-28(29)36/h4-7,12-16H,8-11,30H2,1-3H3,(H,32,33)(H,31,34,36). The number of aromatic nitrogens is 2. The molecule has 4 heterocycles. The number of fused-ring (bicyclic) bond motifs is 3. The van der Waals surface area contributed by atoms with Gasteiger partial charge in [-0.1, -0.05) is 11.6 Å². The number of nitrogen functional groups attached to an aromatic ring is 1. The summed E-state index contributed by atoms with van der Waals surface area (Å²) in [5.74, 6) is 0.697. The van der Waals surface area contributed by atoms with Gasteiger partial charge >= 0.3 is 0 Å². The summed E-state index contributed by atoms with van der Waals surface area (Å²) < 4.78 is 0. The molecule has 1 amide bonds. The molecule has 7 heteroatoms. The van der Waals surface area contributed by atoms with Gasteiger partial charge in [0.15, 0.2) is 0 Å². The van der Waals surface area contributed by atoms with Crippen LogP contribution in [-0.2, 0) is 10.2 Å². The number of rotatable bonds is 3. The molecule has 1 saturated heterocycles. The van der Waals surface area contributed by atoms with Crippen LogP contribution in [0.4, 0.5) is 28.6 Å². The molecule has 2 aliphatic rings. The number of benzene rings is 2. The van der Waals surface area contributed by atoms with Crippen LogP contribution >= 0.6 is 0 Å². The topological polar surface area (TPSA) is 96.2 Å². The second-order valence-corrected chi connectivity index (χ2v) is 10.1. The monoisotopic (exact) mass is 478 g/mol. The van der Waals surface area contributed by atoms with Gasteiger partial charge in [-0.3, -0.25) is 9.78 Å². The molecule has 1 spiro atoms. The highest BCUT2D eigenvalue weighted by Gasteiger charge is 2.49. The number of nitrogens with two attached hydrogens (primary N) is 1. The predicted molar refractivity (Wildman–Crippen MR) is 146 cm³/mol.